The molecule has 1 aromatic carbocycles. The van der Waals surface area contributed by atoms with Crippen molar-refractivity contribution in [3.8, 4) is 0 Å². The quantitative estimate of drug-likeness (QED) is 0.791. The van der Waals surface area contributed by atoms with Crippen LogP contribution >= 0.6 is 0 Å². The van der Waals surface area contributed by atoms with Gasteiger partial charge in [0.1, 0.15) is 6.54 Å². The maximum Gasteiger partial charge on any atom is 0.223 e. The second-order valence-electron chi connectivity index (χ2n) is 5.55. The number of benzene rings is 1. The fourth-order valence-corrected chi connectivity index (χ4v) is 2.19. The smallest absolute Gasteiger partial charge is 0.223 e. The Kier molecular flexibility index (Phi) is 4.37. The van der Waals surface area contributed by atoms with E-state index in [9.17, 15) is 4.79 Å². The standard InChI is InChI=1S/C15H22N2O/c1-17(2)11-13-8-6-12(7-9-13)10-16-15(18)14-4-3-5-14/h6-9,14H,3-5,10-11H2,1-2H3,(H,16,18)/p+1. The lowest BCUT2D eigenvalue weighted by atomic mass is 9.85. The third kappa shape index (κ3) is 3.57. The number of carbonyl (C=O) groups excluding carboxylic acids is 1. The maximum absolute atomic E-state index is 11.7. The molecule has 0 bridgehead atoms. The van der Waals surface area contributed by atoms with Crippen LogP contribution in [0.4, 0.5) is 0 Å². The van der Waals surface area contributed by atoms with Crippen molar-refractivity contribution in [3.05, 3.63) is 35.4 Å². The van der Waals surface area contributed by atoms with Crippen molar-refractivity contribution in [3.63, 3.8) is 0 Å². The molecular formula is C15H23N2O+. The molecule has 0 atom stereocenters. The van der Waals surface area contributed by atoms with E-state index in [1.54, 1.807) is 0 Å². The van der Waals surface area contributed by atoms with Gasteiger partial charge >= 0.3 is 0 Å². The molecule has 0 heterocycles. The van der Waals surface area contributed by atoms with Crippen LogP contribution in [0.25, 0.3) is 0 Å². The van der Waals surface area contributed by atoms with E-state index < -0.39 is 0 Å². The Hall–Kier alpha value is -1.35. The highest BCUT2D eigenvalue weighted by atomic mass is 16.1. The molecule has 3 heteroatoms. The molecule has 1 aliphatic rings. The van der Waals surface area contributed by atoms with Gasteiger partial charge in [-0.25, -0.2) is 0 Å². The first kappa shape index (κ1) is 13.1. The fraction of sp³-hybridized carbons (Fsp3) is 0.533. The second-order valence-corrected chi connectivity index (χ2v) is 5.55. The van der Waals surface area contributed by atoms with Crippen LogP contribution in [0.5, 0.6) is 0 Å². The van der Waals surface area contributed by atoms with E-state index in [4.69, 9.17) is 0 Å². The number of amides is 1. The van der Waals surface area contributed by atoms with E-state index in [0.717, 1.165) is 19.4 Å². The molecule has 0 spiro atoms. The van der Waals surface area contributed by atoms with Crippen molar-refractivity contribution in [1.29, 1.82) is 0 Å². The lowest BCUT2D eigenvalue weighted by Crippen LogP contribution is -3.04. The van der Waals surface area contributed by atoms with E-state index in [1.165, 1.54) is 22.4 Å². The predicted octanol–water partition coefficient (Wildman–Crippen LogP) is 0.747. The number of rotatable bonds is 5. The summed E-state index contributed by atoms with van der Waals surface area (Å²) in [6.45, 7) is 1.69. The highest BCUT2D eigenvalue weighted by molar-refractivity contribution is 5.79. The van der Waals surface area contributed by atoms with Gasteiger partial charge < -0.3 is 10.2 Å². The number of nitrogens with one attached hydrogen (secondary N) is 2. The summed E-state index contributed by atoms with van der Waals surface area (Å²) in [6, 6.07) is 8.52. The molecule has 0 radical (unpaired) electrons. The summed E-state index contributed by atoms with van der Waals surface area (Å²) < 4.78 is 0. The van der Waals surface area contributed by atoms with Crippen molar-refractivity contribution in [1.82, 2.24) is 5.32 Å². The molecular weight excluding hydrogens is 224 g/mol. The molecule has 1 fully saturated rings. The fourth-order valence-electron chi connectivity index (χ4n) is 2.19. The number of hydrogen-bond donors (Lipinski definition) is 2. The number of quaternary nitrogens is 1. The third-order valence-corrected chi connectivity index (χ3v) is 3.52. The van der Waals surface area contributed by atoms with Crippen LogP contribution in [0.1, 0.15) is 30.4 Å². The van der Waals surface area contributed by atoms with Crippen LogP contribution in [-0.4, -0.2) is 20.0 Å². The minimum Gasteiger partial charge on any atom is -0.352 e. The van der Waals surface area contributed by atoms with Crippen molar-refractivity contribution in [2.24, 2.45) is 5.92 Å². The first-order valence-corrected chi connectivity index (χ1v) is 6.79. The summed E-state index contributed by atoms with van der Waals surface area (Å²) in [5, 5.41) is 3.02. The average Bonchev–Trinajstić information content (AvgIpc) is 2.25. The lowest BCUT2D eigenvalue weighted by Gasteiger charge is -2.24. The molecule has 1 aromatic rings. The Morgan fingerprint density at radius 2 is 1.83 bits per heavy atom. The molecule has 2 N–H and O–H groups in total. The van der Waals surface area contributed by atoms with E-state index in [1.807, 2.05) is 0 Å². The van der Waals surface area contributed by atoms with Gasteiger partial charge in [0.05, 0.1) is 14.1 Å². The van der Waals surface area contributed by atoms with Crippen LogP contribution < -0.4 is 10.2 Å². The third-order valence-electron chi connectivity index (χ3n) is 3.52. The number of carbonyl (C=O) groups is 1. The van der Waals surface area contributed by atoms with E-state index in [2.05, 4.69) is 43.7 Å². The van der Waals surface area contributed by atoms with Crippen molar-refractivity contribution >= 4 is 5.91 Å². The summed E-state index contributed by atoms with van der Waals surface area (Å²) in [4.78, 5) is 13.1. The van der Waals surface area contributed by atoms with E-state index in [0.29, 0.717) is 6.54 Å². The zero-order valence-corrected chi connectivity index (χ0v) is 11.3. The van der Waals surface area contributed by atoms with Crippen LogP contribution in [0.2, 0.25) is 0 Å². The van der Waals surface area contributed by atoms with Gasteiger partial charge in [-0.3, -0.25) is 4.79 Å². The summed E-state index contributed by atoms with van der Waals surface area (Å²) in [5.41, 5.74) is 2.52. The molecule has 2 rings (SSSR count). The van der Waals surface area contributed by atoms with Crippen LogP contribution in [-0.2, 0) is 17.9 Å². The van der Waals surface area contributed by atoms with Gasteiger partial charge in [-0.2, -0.15) is 0 Å². The second kappa shape index (κ2) is 6.01. The van der Waals surface area contributed by atoms with Crippen molar-refractivity contribution in [2.45, 2.75) is 32.4 Å². The van der Waals surface area contributed by atoms with Gasteiger partial charge in [0, 0.05) is 18.0 Å². The van der Waals surface area contributed by atoms with E-state index in [-0.39, 0.29) is 11.8 Å². The molecule has 0 saturated heterocycles. The van der Waals surface area contributed by atoms with Gasteiger partial charge in [-0.05, 0) is 18.4 Å². The molecule has 98 valence electrons. The topological polar surface area (TPSA) is 33.5 Å². The lowest BCUT2D eigenvalue weighted by molar-refractivity contribution is -0.872. The number of hydrogen-bond acceptors (Lipinski definition) is 1. The minimum absolute atomic E-state index is 0.225. The molecule has 1 aliphatic carbocycles. The maximum atomic E-state index is 11.7. The van der Waals surface area contributed by atoms with Gasteiger partial charge in [0.15, 0.2) is 0 Å². The highest BCUT2D eigenvalue weighted by Gasteiger charge is 2.24. The Bertz CT molecular complexity index is 393. The minimum atomic E-state index is 0.225. The molecule has 1 saturated carbocycles. The Morgan fingerprint density at radius 1 is 1.22 bits per heavy atom. The first-order valence-electron chi connectivity index (χ1n) is 6.79. The largest absolute Gasteiger partial charge is 0.352 e. The van der Waals surface area contributed by atoms with Gasteiger partial charge in [-0.15, -0.1) is 0 Å². The van der Waals surface area contributed by atoms with E-state index >= 15 is 0 Å². The zero-order chi connectivity index (χ0) is 13.0. The SMILES string of the molecule is C[NH+](C)Cc1ccc(CNC(=O)C2CCC2)cc1. The normalized spacial score (nSPS) is 15.5. The van der Waals surface area contributed by atoms with Gasteiger partial charge in [0.25, 0.3) is 0 Å². The Labute approximate surface area is 109 Å². The molecule has 0 unspecified atom stereocenters. The zero-order valence-electron chi connectivity index (χ0n) is 11.3. The monoisotopic (exact) mass is 247 g/mol. The Morgan fingerprint density at radius 3 is 2.33 bits per heavy atom. The molecule has 3 nitrogen and oxygen atoms in total. The first-order chi connectivity index (χ1) is 8.65. The van der Waals surface area contributed by atoms with Gasteiger partial charge in [0.2, 0.25) is 5.91 Å². The summed E-state index contributed by atoms with van der Waals surface area (Å²) >= 11 is 0. The van der Waals surface area contributed by atoms with Crippen LogP contribution in [0, 0.1) is 5.92 Å². The summed E-state index contributed by atoms with van der Waals surface area (Å²) in [6.07, 6.45) is 3.34. The van der Waals surface area contributed by atoms with Gasteiger partial charge in [-0.1, -0.05) is 30.7 Å². The van der Waals surface area contributed by atoms with Crippen LogP contribution in [0.3, 0.4) is 0 Å². The van der Waals surface area contributed by atoms with Crippen molar-refractivity contribution < 1.29 is 9.69 Å². The van der Waals surface area contributed by atoms with Crippen LogP contribution in [0.15, 0.2) is 24.3 Å². The highest BCUT2D eigenvalue weighted by Crippen LogP contribution is 2.26. The molecule has 18 heavy (non-hydrogen) atoms. The van der Waals surface area contributed by atoms with Crippen molar-refractivity contribution in [2.75, 3.05) is 14.1 Å². The molecule has 1 amide bonds. The summed E-state index contributed by atoms with van der Waals surface area (Å²) in [5.74, 6) is 0.504. The molecule has 0 aromatic heterocycles. The average molecular weight is 247 g/mol. The Balaban J connectivity index is 1.80. The predicted molar refractivity (Wildman–Crippen MR) is 72.1 cm³/mol. The summed E-state index contributed by atoms with van der Waals surface area (Å²) in [7, 11) is 4.29. The molecule has 0 aliphatic heterocycles.